The number of amides is 1. The maximum Gasteiger partial charge on any atom is 0.275 e. The molecule has 0 saturated heterocycles. The molecule has 3 rings (SSSR count). The molecule has 0 bridgehead atoms. The molecule has 0 atom stereocenters. The minimum Gasteiger partial charge on any atom is -0.339 e. The molecule has 0 radical (unpaired) electrons. The lowest BCUT2D eigenvalue weighted by atomic mass is 10.2. The Hall–Kier alpha value is -3.56. The smallest absolute Gasteiger partial charge is 0.275 e. The van der Waals surface area contributed by atoms with E-state index in [0.717, 1.165) is 30.6 Å². The van der Waals surface area contributed by atoms with Gasteiger partial charge in [-0.3, -0.25) is 4.79 Å². The van der Waals surface area contributed by atoms with E-state index < -0.39 is 40.7 Å². The summed E-state index contributed by atoms with van der Waals surface area (Å²) in [5, 5.41) is 4.69. The third kappa shape index (κ3) is 4.00. The van der Waals surface area contributed by atoms with E-state index in [1.54, 1.807) is 0 Å². The van der Waals surface area contributed by atoms with Gasteiger partial charge in [-0.05, 0) is 24.3 Å². The Bertz CT molecular complexity index is 1010. The molecule has 0 aliphatic heterocycles. The van der Waals surface area contributed by atoms with Gasteiger partial charge in [-0.1, -0.05) is 0 Å². The zero-order valence-electron chi connectivity index (χ0n) is 13.2. The second-order valence-electron chi connectivity index (χ2n) is 5.22. The van der Waals surface area contributed by atoms with Crippen LogP contribution in [0.25, 0.3) is 0 Å². The van der Waals surface area contributed by atoms with Crippen molar-refractivity contribution in [3.63, 3.8) is 0 Å². The van der Waals surface area contributed by atoms with Crippen molar-refractivity contribution in [1.29, 1.82) is 0 Å². The molecule has 0 unspecified atom stereocenters. The maximum absolute atomic E-state index is 13.6. The highest BCUT2D eigenvalue weighted by Gasteiger charge is 2.17. The van der Waals surface area contributed by atoms with Crippen LogP contribution in [0.5, 0.6) is 0 Å². The van der Waals surface area contributed by atoms with Gasteiger partial charge >= 0.3 is 0 Å². The molecule has 138 valence electrons. The SMILES string of the molecule is O=C(Nc1ccc(F)c(F)c1F)c1cnc(Nc2ccc(F)c(F)c2)cn1. The summed E-state index contributed by atoms with van der Waals surface area (Å²) < 4.78 is 65.7. The summed E-state index contributed by atoms with van der Waals surface area (Å²) in [6.45, 7) is 0. The van der Waals surface area contributed by atoms with Crippen LogP contribution in [0, 0.1) is 29.1 Å². The van der Waals surface area contributed by atoms with Crippen molar-refractivity contribution in [1.82, 2.24) is 9.97 Å². The van der Waals surface area contributed by atoms with Crippen LogP contribution in [-0.2, 0) is 0 Å². The summed E-state index contributed by atoms with van der Waals surface area (Å²) in [6.07, 6.45) is 2.15. The molecule has 0 saturated carbocycles. The summed E-state index contributed by atoms with van der Waals surface area (Å²) in [5.74, 6) is -7.51. The lowest BCUT2D eigenvalue weighted by molar-refractivity contribution is 0.102. The maximum atomic E-state index is 13.6. The standard InChI is InChI=1S/C17H9F5N4O/c18-9-2-1-8(5-11(9)20)25-14-7-23-13(6-24-14)17(27)26-12-4-3-10(19)15(21)16(12)22/h1-7H,(H,24,25)(H,26,27). The fraction of sp³-hybridized carbons (Fsp3) is 0. The number of nitrogens with one attached hydrogen (secondary N) is 2. The summed E-state index contributed by atoms with van der Waals surface area (Å²) >= 11 is 0. The predicted octanol–water partition coefficient (Wildman–Crippen LogP) is 4.17. The Balaban J connectivity index is 1.72. The lowest BCUT2D eigenvalue weighted by Crippen LogP contribution is -2.16. The molecule has 10 heteroatoms. The fourth-order valence-corrected chi connectivity index (χ4v) is 2.04. The summed E-state index contributed by atoms with van der Waals surface area (Å²) in [6, 6.07) is 4.62. The van der Waals surface area contributed by atoms with Gasteiger partial charge in [0, 0.05) is 11.8 Å². The molecule has 0 fully saturated rings. The Morgan fingerprint density at radius 3 is 2.22 bits per heavy atom. The molecule has 27 heavy (non-hydrogen) atoms. The molecular formula is C17H9F5N4O. The molecule has 2 aromatic carbocycles. The van der Waals surface area contributed by atoms with E-state index in [0.29, 0.717) is 6.07 Å². The molecule has 1 aromatic heterocycles. The lowest BCUT2D eigenvalue weighted by Gasteiger charge is -2.08. The van der Waals surface area contributed by atoms with Crippen LogP contribution in [-0.4, -0.2) is 15.9 Å². The monoisotopic (exact) mass is 380 g/mol. The third-order valence-corrected chi connectivity index (χ3v) is 3.36. The van der Waals surface area contributed by atoms with E-state index in [9.17, 15) is 26.7 Å². The number of carbonyl (C=O) groups is 1. The van der Waals surface area contributed by atoms with Crippen LogP contribution in [0.4, 0.5) is 39.1 Å². The van der Waals surface area contributed by atoms with Crippen LogP contribution in [0.15, 0.2) is 42.7 Å². The van der Waals surface area contributed by atoms with Gasteiger partial charge in [-0.25, -0.2) is 31.9 Å². The Morgan fingerprint density at radius 2 is 1.56 bits per heavy atom. The van der Waals surface area contributed by atoms with Crippen LogP contribution in [0.1, 0.15) is 10.5 Å². The molecule has 1 heterocycles. The van der Waals surface area contributed by atoms with E-state index in [4.69, 9.17) is 0 Å². The largest absolute Gasteiger partial charge is 0.339 e. The van der Waals surface area contributed by atoms with Crippen molar-refractivity contribution in [2.75, 3.05) is 10.6 Å². The second kappa shape index (κ2) is 7.36. The van der Waals surface area contributed by atoms with Gasteiger partial charge < -0.3 is 10.6 Å². The van der Waals surface area contributed by atoms with E-state index in [1.165, 1.54) is 6.07 Å². The highest BCUT2D eigenvalue weighted by Crippen LogP contribution is 2.20. The number of anilines is 3. The quantitative estimate of drug-likeness (QED) is 0.527. The van der Waals surface area contributed by atoms with Gasteiger partial charge in [-0.2, -0.15) is 0 Å². The first-order valence-electron chi connectivity index (χ1n) is 7.34. The number of halogens is 5. The molecule has 0 aliphatic carbocycles. The summed E-state index contributed by atoms with van der Waals surface area (Å²) in [7, 11) is 0. The van der Waals surface area contributed by atoms with Crippen molar-refractivity contribution in [3.8, 4) is 0 Å². The number of carbonyl (C=O) groups excluding carboxylic acids is 1. The number of aromatic nitrogens is 2. The van der Waals surface area contributed by atoms with Crippen molar-refractivity contribution in [2.24, 2.45) is 0 Å². The first-order valence-corrected chi connectivity index (χ1v) is 7.34. The normalized spacial score (nSPS) is 10.6. The number of benzene rings is 2. The second-order valence-corrected chi connectivity index (χ2v) is 5.22. The van der Waals surface area contributed by atoms with Crippen molar-refractivity contribution < 1.29 is 26.7 Å². The predicted molar refractivity (Wildman–Crippen MR) is 85.9 cm³/mol. The first kappa shape index (κ1) is 18.2. The van der Waals surface area contributed by atoms with Crippen LogP contribution in [0.3, 0.4) is 0 Å². The fourth-order valence-electron chi connectivity index (χ4n) is 2.04. The van der Waals surface area contributed by atoms with Crippen molar-refractivity contribution in [2.45, 2.75) is 0 Å². The Morgan fingerprint density at radius 1 is 0.815 bits per heavy atom. The molecule has 0 aliphatic rings. The van der Waals surface area contributed by atoms with Gasteiger partial charge in [0.15, 0.2) is 29.1 Å². The molecule has 0 spiro atoms. The topological polar surface area (TPSA) is 66.9 Å². The number of hydrogen-bond acceptors (Lipinski definition) is 4. The van der Waals surface area contributed by atoms with Gasteiger partial charge in [0.2, 0.25) is 0 Å². The summed E-state index contributed by atoms with van der Waals surface area (Å²) in [5.41, 5.74) is -0.607. The molecule has 3 aromatic rings. The molecule has 2 N–H and O–H groups in total. The van der Waals surface area contributed by atoms with E-state index >= 15 is 0 Å². The first-order chi connectivity index (χ1) is 12.8. The number of rotatable bonds is 4. The van der Waals surface area contributed by atoms with Crippen LogP contribution >= 0.6 is 0 Å². The van der Waals surface area contributed by atoms with E-state index in [2.05, 4.69) is 15.3 Å². The minimum atomic E-state index is -1.72. The number of hydrogen-bond donors (Lipinski definition) is 2. The molecule has 5 nitrogen and oxygen atoms in total. The zero-order valence-corrected chi connectivity index (χ0v) is 13.2. The van der Waals surface area contributed by atoms with Crippen molar-refractivity contribution in [3.05, 3.63) is 77.5 Å². The van der Waals surface area contributed by atoms with E-state index in [1.807, 2.05) is 5.32 Å². The van der Waals surface area contributed by atoms with Gasteiger partial charge in [0.1, 0.15) is 11.5 Å². The Labute approximate surface area is 148 Å². The Kier molecular flexibility index (Phi) is 4.97. The van der Waals surface area contributed by atoms with Gasteiger partial charge in [0.25, 0.3) is 5.91 Å². The van der Waals surface area contributed by atoms with Crippen LogP contribution < -0.4 is 10.6 Å². The van der Waals surface area contributed by atoms with Crippen molar-refractivity contribution >= 4 is 23.1 Å². The van der Waals surface area contributed by atoms with E-state index in [-0.39, 0.29) is 17.2 Å². The molecule has 1 amide bonds. The van der Waals surface area contributed by atoms with Gasteiger partial charge in [-0.15, -0.1) is 0 Å². The average Bonchev–Trinajstić information content (AvgIpc) is 2.66. The van der Waals surface area contributed by atoms with Crippen LogP contribution in [0.2, 0.25) is 0 Å². The highest BCUT2D eigenvalue weighted by atomic mass is 19.2. The summed E-state index contributed by atoms with van der Waals surface area (Å²) in [4.78, 5) is 19.7. The average molecular weight is 380 g/mol. The third-order valence-electron chi connectivity index (χ3n) is 3.36. The highest BCUT2D eigenvalue weighted by molar-refractivity contribution is 6.02. The minimum absolute atomic E-state index is 0.122. The zero-order chi connectivity index (χ0) is 19.6. The molecular weight excluding hydrogens is 371 g/mol. The number of nitrogens with zero attached hydrogens (tertiary/aromatic N) is 2. The van der Waals surface area contributed by atoms with Gasteiger partial charge in [0.05, 0.1) is 18.1 Å².